The van der Waals surface area contributed by atoms with E-state index in [9.17, 15) is 13.2 Å². The molecule has 0 spiro atoms. The molecule has 0 unspecified atom stereocenters. The Morgan fingerprint density at radius 2 is 1.64 bits per heavy atom. The van der Waals surface area contributed by atoms with Gasteiger partial charge in [-0.25, -0.2) is 4.98 Å². The minimum absolute atomic E-state index is 0.137. The van der Waals surface area contributed by atoms with Crippen LogP contribution in [0, 0.1) is 0 Å². The first-order chi connectivity index (χ1) is 10.5. The molecule has 0 aliphatic carbocycles. The first-order valence-electron chi connectivity index (χ1n) is 7.06. The lowest BCUT2D eigenvalue weighted by atomic mass is 9.97. The van der Waals surface area contributed by atoms with Crippen LogP contribution in [-0.4, -0.2) is 4.98 Å². The standard InChI is InChI=1S/C18H14F3N/c1-2-12-11-13-7-3-6-10-16(13)22-17(12)14-8-4-5-9-15(14)18(19,20)21/h3-11H,2H2,1H3. The number of hydrogen-bond acceptors (Lipinski definition) is 1. The van der Waals surface area contributed by atoms with Gasteiger partial charge in [-0.15, -0.1) is 0 Å². The van der Waals surface area contributed by atoms with Crippen LogP contribution in [0.1, 0.15) is 18.1 Å². The smallest absolute Gasteiger partial charge is 0.247 e. The van der Waals surface area contributed by atoms with Gasteiger partial charge in [0.25, 0.3) is 0 Å². The number of rotatable bonds is 2. The van der Waals surface area contributed by atoms with Gasteiger partial charge < -0.3 is 0 Å². The highest BCUT2D eigenvalue weighted by Crippen LogP contribution is 2.38. The molecule has 0 atom stereocenters. The lowest BCUT2D eigenvalue weighted by Gasteiger charge is -2.15. The van der Waals surface area contributed by atoms with Crippen molar-refractivity contribution in [1.82, 2.24) is 4.98 Å². The molecule has 112 valence electrons. The van der Waals surface area contributed by atoms with Crippen molar-refractivity contribution in [1.29, 1.82) is 0 Å². The van der Waals surface area contributed by atoms with Gasteiger partial charge in [-0.2, -0.15) is 13.2 Å². The van der Waals surface area contributed by atoms with E-state index in [1.54, 1.807) is 6.07 Å². The molecule has 0 aliphatic heterocycles. The summed E-state index contributed by atoms with van der Waals surface area (Å²) in [6.45, 7) is 1.92. The third-order valence-electron chi connectivity index (χ3n) is 3.67. The SMILES string of the molecule is CCc1cc2ccccc2nc1-c1ccccc1C(F)(F)F. The van der Waals surface area contributed by atoms with E-state index in [0.29, 0.717) is 17.6 Å². The lowest BCUT2D eigenvalue weighted by Crippen LogP contribution is -2.08. The maximum Gasteiger partial charge on any atom is 0.417 e. The Balaban J connectivity index is 2.31. The van der Waals surface area contributed by atoms with Crippen LogP contribution in [0.25, 0.3) is 22.2 Å². The van der Waals surface area contributed by atoms with Crippen LogP contribution in [0.4, 0.5) is 13.2 Å². The second kappa shape index (κ2) is 5.44. The van der Waals surface area contributed by atoms with Crippen LogP contribution in [0.3, 0.4) is 0 Å². The molecule has 0 fully saturated rings. The molecule has 2 aromatic carbocycles. The first-order valence-corrected chi connectivity index (χ1v) is 7.06. The third kappa shape index (κ3) is 2.56. The molecule has 4 heteroatoms. The molecule has 0 radical (unpaired) electrons. The summed E-state index contributed by atoms with van der Waals surface area (Å²) < 4.78 is 39.8. The van der Waals surface area contributed by atoms with Crippen LogP contribution < -0.4 is 0 Å². The maximum absolute atomic E-state index is 13.3. The van der Waals surface area contributed by atoms with Crippen LogP contribution in [0.2, 0.25) is 0 Å². The summed E-state index contributed by atoms with van der Waals surface area (Å²) in [7, 11) is 0. The van der Waals surface area contributed by atoms with E-state index in [4.69, 9.17) is 0 Å². The number of benzene rings is 2. The average Bonchev–Trinajstić information content (AvgIpc) is 2.52. The van der Waals surface area contributed by atoms with Gasteiger partial charge in [-0.1, -0.05) is 43.3 Å². The van der Waals surface area contributed by atoms with Crippen LogP contribution in [0.15, 0.2) is 54.6 Å². The lowest BCUT2D eigenvalue weighted by molar-refractivity contribution is -0.137. The van der Waals surface area contributed by atoms with E-state index in [0.717, 1.165) is 17.0 Å². The largest absolute Gasteiger partial charge is 0.417 e. The van der Waals surface area contributed by atoms with Crippen molar-refractivity contribution in [3.63, 3.8) is 0 Å². The van der Waals surface area contributed by atoms with E-state index < -0.39 is 11.7 Å². The van der Waals surface area contributed by atoms with Crippen molar-refractivity contribution in [2.45, 2.75) is 19.5 Å². The summed E-state index contributed by atoms with van der Waals surface area (Å²) in [6, 6.07) is 15.0. The average molecular weight is 301 g/mol. The van der Waals surface area contributed by atoms with Crippen molar-refractivity contribution in [3.8, 4) is 11.3 Å². The van der Waals surface area contributed by atoms with Gasteiger partial charge in [0.15, 0.2) is 0 Å². The molecule has 0 saturated carbocycles. The number of para-hydroxylation sites is 1. The number of aryl methyl sites for hydroxylation is 1. The van der Waals surface area contributed by atoms with Crippen LogP contribution >= 0.6 is 0 Å². The van der Waals surface area contributed by atoms with Gasteiger partial charge in [0.2, 0.25) is 0 Å². The fourth-order valence-electron chi connectivity index (χ4n) is 2.60. The van der Waals surface area contributed by atoms with Crippen LogP contribution in [-0.2, 0) is 12.6 Å². The van der Waals surface area contributed by atoms with Crippen molar-refractivity contribution >= 4 is 10.9 Å². The van der Waals surface area contributed by atoms with Crippen LogP contribution in [0.5, 0.6) is 0 Å². The van der Waals surface area contributed by atoms with Crippen molar-refractivity contribution in [2.75, 3.05) is 0 Å². The Kier molecular flexibility index (Phi) is 3.61. The van der Waals surface area contributed by atoms with Crippen molar-refractivity contribution in [2.24, 2.45) is 0 Å². The minimum Gasteiger partial charge on any atom is -0.247 e. The molecule has 1 nitrogen and oxygen atoms in total. The minimum atomic E-state index is -4.39. The number of nitrogens with zero attached hydrogens (tertiary/aromatic N) is 1. The number of halogens is 3. The third-order valence-corrected chi connectivity index (χ3v) is 3.67. The number of hydrogen-bond donors (Lipinski definition) is 0. The fourth-order valence-corrected chi connectivity index (χ4v) is 2.60. The second-order valence-corrected chi connectivity index (χ2v) is 5.09. The Morgan fingerprint density at radius 1 is 0.955 bits per heavy atom. The molecule has 3 aromatic rings. The fraction of sp³-hybridized carbons (Fsp3) is 0.167. The normalized spacial score (nSPS) is 11.8. The van der Waals surface area contributed by atoms with E-state index in [1.807, 2.05) is 37.3 Å². The number of pyridine rings is 1. The Morgan fingerprint density at radius 3 is 2.36 bits per heavy atom. The van der Waals surface area contributed by atoms with E-state index in [1.165, 1.54) is 12.1 Å². The Bertz CT molecular complexity index is 822. The molecular weight excluding hydrogens is 287 g/mol. The summed E-state index contributed by atoms with van der Waals surface area (Å²) >= 11 is 0. The topological polar surface area (TPSA) is 12.9 Å². The van der Waals surface area contributed by atoms with E-state index >= 15 is 0 Å². The highest BCUT2D eigenvalue weighted by molar-refractivity contribution is 5.84. The monoisotopic (exact) mass is 301 g/mol. The summed E-state index contributed by atoms with van der Waals surface area (Å²) in [5, 5.41) is 0.938. The summed E-state index contributed by atoms with van der Waals surface area (Å²) in [6.07, 6.45) is -3.77. The van der Waals surface area contributed by atoms with Crippen molar-refractivity contribution < 1.29 is 13.2 Å². The van der Waals surface area contributed by atoms with E-state index in [2.05, 4.69) is 4.98 Å². The zero-order chi connectivity index (χ0) is 15.7. The molecule has 22 heavy (non-hydrogen) atoms. The molecule has 0 amide bonds. The molecule has 0 aliphatic rings. The summed E-state index contributed by atoms with van der Waals surface area (Å²) in [5.41, 5.74) is 1.42. The molecule has 1 aromatic heterocycles. The number of alkyl halides is 3. The highest BCUT2D eigenvalue weighted by Gasteiger charge is 2.34. The summed E-state index contributed by atoms with van der Waals surface area (Å²) in [4.78, 5) is 4.49. The first kappa shape index (κ1) is 14.6. The van der Waals surface area contributed by atoms with Gasteiger partial charge >= 0.3 is 6.18 Å². The number of aromatic nitrogens is 1. The molecule has 0 N–H and O–H groups in total. The molecule has 3 rings (SSSR count). The van der Waals surface area contributed by atoms with Gasteiger partial charge in [0, 0.05) is 10.9 Å². The zero-order valence-corrected chi connectivity index (χ0v) is 12.0. The Labute approximate surface area is 126 Å². The Hall–Kier alpha value is -2.36. The van der Waals surface area contributed by atoms with Gasteiger partial charge in [0.05, 0.1) is 16.8 Å². The van der Waals surface area contributed by atoms with Crippen molar-refractivity contribution in [3.05, 3.63) is 65.7 Å². The molecule has 0 saturated heterocycles. The quantitative estimate of drug-likeness (QED) is 0.610. The number of fused-ring (bicyclic) bond motifs is 1. The molecule has 1 heterocycles. The molecular formula is C18H14F3N. The highest BCUT2D eigenvalue weighted by atomic mass is 19.4. The van der Waals surface area contributed by atoms with Gasteiger partial charge in [-0.05, 0) is 30.2 Å². The van der Waals surface area contributed by atoms with E-state index in [-0.39, 0.29) is 5.56 Å². The maximum atomic E-state index is 13.3. The predicted molar refractivity (Wildman–Crippen MR) is 81.6 cm³/mol. The van der Waals surface area contributed by atoms with Gasteiger partial charge in [0.1, 0.15) is 0 Å². The zero-order valence-electron chi connectivity index (χ0n) is 12.0. The predicted octanol–water partition coefficient (Wildman–Crippen LogP) is 5.48. The summed E-state index contributed by atoms with van der Waals surface area (Å²) in [5.74, 6) is 0. The molecule has 0 bridgehead atoms. The second-order valence-electron chi connectivity index (χ2n) is 5.09. The van der Waals surface area contributed by atoms with Gasteiger partial charge in [-0.3, -0.25) is 0 Å².